The van der Waals surface area contributed by atoms with Crippen molar-refractivity contribution in [1.82, 2.24) is 4.72 Å². The second kappa shape index (κ2) is 9.41. The van der Waals surface area contributed by atoms with Crippen LogP contribution in [0.25, 0.3) is 0 Å². The highest BCUT2D eigenvalue weighted by atomic mass is 32.2. The quantitative estimate of drug-likeness (QED) is 0.385. The van der Waals surface area contributed by atoms with Crippen molar-refractivity contribution < 1.29 is 17.9 Å². The van der Waals surface area contributed by atoms with Gasteiger partial charge in [-0.05, 0) is 62.6 Å². The SMILES string of the molecule is C=C(C(=O)c1ccc(OC)cc1)C1CCCC=C1CNS(=O)(=O)c1ccc(C)cc1. The predicted octanol–water partition coefficient (Wildman–Crippen LogP) is 4.45. The first kappa shape index (κ1) is 22.0. The predicted molar refractivity (Wildman–Crippen MR) is 118 cm³/mol. The Hall–Kier alpha value is -2.70. The van der Waals surface area contributed by atoms with E-state index in [1.807, 2.05) is 13.0 Å². The average Bonchev–Trinajstić information content (AvgIpc) is 2.77. The molecule has 6 heteroatoms. The van der Waals surface area contributed by atoms with Crippen LogP contribution in [0.5, 0.6) is 5.75 Å². The summed E-state index contributed by atoms with van der Waals surface area (Å²) in [5, 5.41) is 0. The van der Waals surface area contributed by atoms with Gasteiger partial charge in [-0.25, -0.2) is 13.1 Å². The number of hydrogen-bond acceptors (Lipinski definition) is 4. The molecule has 158 valence electrons. The Bertz CT molecular complexity index is 1050. The minimum absolute atomic E-state index is 0.128. The topological polar surface area (TPSA) is 72.5 Å². The summed E-state index contributed by atoms with van der Waals surface area (Å²) in [5.41, 5.74) is 2.92. The van der Waals surface area contributed by atoms with Crippen LogP contribution >= 0.6 is 0 Å². The normalized spacial score (nSPS) is 16.6. The number of carbonyl (C=O) groups excluding carboxylic acids is 1. The number of rotatable bonds is 8. The molecule has 0 amide bonds. The van der Waals surface area contributed by atoms with E-state index in [2.05, 4.69) is 11.3 Å². The summed E-state index contributed by atoms with van der Waals surface area (Å²) in [4.78, 5) is 13.2. The highest BCUT2D eigenvalue weighted by Crippen LogP contribution is 2.32. The number of carbonyl (C=O) groups is 1. The van der Waals surface area contributed by atoms with Gasteiger partial charge in [0.2, 0.25) is 10.0 Å². The molecule has 5 nitrogen and oxygen atoms in total. The van der Waals surface area contributed by atoms with Crippen LogP contribution in [0.3, 0.4) is 0 Å². The lowest BCUT2D eigenvalue weighted by Crippen LogP contribution is -2.30. The standard InChI is InChI=1S/C24H27NO4S/c1-17-8-14-22(15-9-17)30(27,28)25-16-20-6-4-5-7-23(20)18(2)24(26)19-10-12-21(29-3)13-11-19/h6,8-15,23,25H,2,4-5,7,16H2,1,3H3. The third-order valence-corrected chi connectivity index (χ3v) is 6.83. The zero-order valence-corrected chi connectivity index (χ0v) is 18.2. The summed E-state index contributed by atoms with van der Waals surface area (Å²) in [6.45, 7) is 6.13. The van der Waals surface area contributed by atoms with Crippen LogP contribution in [-0.4, -0.2) is 27.9 Å². The molecule has 2 aromatic rings. The number of allylic oxidation sites excluding steroid dienone is 2. The lowest BCUT2D eigenvalue weighted by atomic mass is 9.80. The third-order valence-electron chi connectivity index (χ3n) is 5.41. The minimum Gasteiger partial charge on any atom is -0.497 e. The molecule has 0 heterocycles. The van der Waals surface area contributed by atoms with Gasteiger partial charge in [-0.2, -0.15) is 0 Å². The van der Waals surface area contributed by atoms with E-state index in [1.54, 1.807) is 55.6 Å². The fourth-order valence-corrected chi connectivity index (χ4v) is 4.61. The Morgan fingerprint density at radius 1 is 1.13 bits per heavy atom. The van der Waals surface area contributed by atoms with E-state index in [0.717, 1.165) is 30.4 Å². The van der Waals surface area contributed by atoms with Gasteiger partial charge in [0.05, 0.1) is 12.0 Å². The van der Waals surface area contributed by atoms with E-state index in [0.29, 0.717) is 16.9 Å². The number of methoxy groups -OCH3 is 1. The third kappa shape index (κ3) is 5.07. The Morgan fingerprint density at radius 2 is 1.80 bits per heavy atom. The first-order chi connectivity index (χ1) is 14.3. The molecule has 30 heavy (non-hydrogen) atoms. The highest BCUT2D eigenvalue weighted by molar-refractivity contribution is 7.89. The van der Waals surface area contributed by atoms with E-state index in [1.165, 1.54) is 0 Å². The van der Waals surface area contributed by atoms with Crippen molar-refractivity contribution in [2.75, 3.05) is 13.7 Å². The molecule has 0 fully saturated rings. The highest BCUT2D eigenvalue weighted by Gasteiger charge is 2.26. The molecule has 0 saturated carbocycles. The van der Waals surface area contributed by atoms with Gasteiger partial charge in [0.1, 0.15) is 5.75 Å². The van der Waals surface area contributed by atoms with Gasteiger partial charge in [0, 0.05) is 23.6 Å². The van der Waals surface area contributed by atoms with Crippen molar-refractivity contribution in [2.24, 2.45) is 5.92 Å². The lowest BCUT2D eigenvalue weighted by molar-refractivity contribution is 0.102. The van der Waals surface area contributed by atoms with Gasteiger partial charge in [-0.3, -0.25) is 4.79 Å². The van der Waals surface area contributed by atoms with Crippen molar-refractivity contribution in [3.05, 3.63) is 83.5 Å². The molecule has 0 spiro atoms. The Balaban J connectivity index is 1.72. The van der Waals surface area contributed by atoms with E-state index >= 15 is 0 Å². The van der Waals surface area contributed by atoms with Crippen molar-refractivity contribution in [2.45, 2.75) is 31.1 Å². The zero-order chi connectivity index (χ0) is 21.7. The number of hydrogen-bond donors (Lipinski definition) is 1. The minimum atomic E-state index is -3.62. The van der Waals surface area contributed by atoms with E-state index in [9.17, 15) is 13.2 Å². The van der Waals surface area contributed by atoms with Gasteiger partial charge in [0.15, 0.2) is 5.78 Å². The van der Waals surface area contributed by atoms with Gasteiger partial charge in [-0.1, -0.05) is 35.9 Å². The van der Waals surface area contributed by atoms with Gasteiger partial charge < -0.3 is 4.74 Å². The number of aryl methyl sites for hydroxylation is 1. The van der Waals surface area contributed by atoms with Gasteiger partial charge >= 0.3 is 0 Å². The van der Waals surface area contributed by atoms with Crippen LogP contribution in [0, 0.1) is 12.8 Å². The largest absolute Gasteiger partial charge is 0.497 e. The second-order valence-electron chi connectivity index (χ2n) is 7.48. The lowest BCUT2D eigenvalue weighted by Gasteiger charge is -2.26. The molecule has 0 bridgehead atoms. The van der Waals surface area contributed by atoms with Crippen molar-refractivity contribution in [3.63, 3.8) is 0 Å². The molecule has 3 rings (SSSR count). The molecule has 2 aromatic carbocycles. The number of benzene rings is 2. The van der Waals surface area contributed by atoms with Gasteiger partial charge in [-0.15, -0.1) is 0 Å². The van der Waals surface area contributed by atoms with E-state index in [4.69, 9.17) is 4.74 Å². The molecule has 1 aliphatic rings. The fraction of sp³-hybridized carbons (Fsp3) is 0.292. The molecule has 1 atom stereocenters. The zero-order valence-electron chi connectivity index (χ0n) is 17.4. The second-order valence-corrected chi connectivity index (χ2v) is 9.25. The summed E-state index contributed by atoms with van der Waals surface area (Å²) in [7, 11) is -2.05. The summed E-state index contributed by atoms with van der Waals surface area (Å²) < 4.78 is 33.1. The Labute approximate surface area is 178 Å². The Morgan fingerprint density at radius 3 is 2.43 bits per heavy atom. The fourth-order valence-electron chi connectivity index (χ4n) is 3.60. The molecule has 0 aliphatic heterocycles. The average molecular weight is 426 g/mol. The van der Waals surface area contributed by atoms with Crippen LogP contribution < -0.4 is 9.46 Å². The number of Topliss-reactive ketones (excluding diaryl/α,β-unsaturated/α-hetero) is 1. The van der Waals surface area contributed by atoms with Crippen LogP contribution in [-0.2, 0) is 10.0 Å². The summed E-state index contributed by atoms with van der Waals surface area (Å²) in [6, 6.07) is 13.7. The molecule has 0 radical (unpaired) electrons. The number of ketones is 1. The van der Waals surface area contributed by atoms with E-state index in [-0.39, 0.29) is 23.1 Å². The number of nitrogens with one attached hydrogen (secondary N) is 1. The maximum Gasteiger partial charge on any atom is 0.240 e. The molecule has 0 aromatic heterocycles. The molecular formula is C24H27NO4S. The summed E-state index contributed by atoms with van der Waals surface area (Å²) in [5.74, 6) is 0.381. The van der Waals surface area contributed by atoms with E-state index < -0.39 is 10.0 Å². The van der Waals surface area contributed by atoms with Crippen molar-refractivity contribution in [1.29, 1.82) is 0 Å². The number of ether oxygens (including phenoxy) is 1. The van der Waals surface area contributed by atoms with Crippen LogP contribution in [0.4, 0.5) is 0 Å². The maximum atomic E-state index is 12.9. The molecule has 1 unspecified atom stereocenters. The summed E-state index contributed by atoms with van der Waals surface area (Å²) in [6.07, 6.45) is 4.60. The maximum absolute atomic E-state index is 12.9. The Kier molecular flexibility index (Phi) is 6.90. The van der Waals surface area contributed by atoms with Crippen LogP contribution in [0.1, 0.15) is 35.2 Å². The van der Waals surface area contributed by atoms with Crippen LogP contribution in [0.15, 0.2) is 77.2 Å². The molecule has 1 N–H and O–H groups in total. The molecule has 0 saturated heterocycles. The number of sulfonamides is 1. The monoisotopic (exact) mass is 425 g/mol. The smallest absolute Gasteiger partial charge is 0.240 e. The molecule has 1 aliphatic carbocycles. The van der Waals surface area contributed by atoms with Crippen molar-refractivity contribution in [3.8, 4) is 5.75 Å². The van der Waals surface area contributed by atoms with Gasteiger partial charge in [0.25, 0.3) is 0 Å². The summed E-state index contributed by atoms with van der Waals surface area (Å²) >= 11 is 0. The van der Waals surface area contributed by atoms with Crippen LogP contribution in [0.2, 0.25) is 0 Å². The molecular weight excluding hydrogens is 398 g/mol. The first-order valence-corrected chi connectivity index (χ1v) is 11.4. The first-order valence-electron chi connectivity index (χ1n) is 9.94. The van der Waals surface area contributed by atoms with Crippen molar-refractivity contribution >= 4 is 15.8 Å².